The normalized spacial score (nSPS) is 11.6. The SMILES string of the molecule is Cc1cc(C)nc(N=C(N)N(C)C)n1. The third-order valence-electron chi connectivity index (χ3n) is 1.64. The molecule has 0 bridgehead atoms. The minimum Gasteiger partial charge on any atom is -0.369 e. The highest BCUT2D eigenvalue weighted by atomic mass is 15.2. The Morgan fingerprint density at radius 1 is 1.29 bits per heavy atom. The Morgan fingerprint density at radius 2 is 1.79 bits per heavy atom. The van der Waals surface area contributed by atoms with Crippen molar-refractivity contribution in [2.75, 3.05) is 14.1 Å². The fourth-order valence-electron chi connectivity index (χ4n) is 0.960. The molecule has 0 saturated carbocycles. The maximum atomic E-state index is 5.64. The first-order valence-electron chi connectivity index (χ1n) is 4.33. The maximum Gasteiger partial charge on any atom is 0.253 e. The molecule has 0 aliphatic carbocycles. The van der Waals surface area contributed by atoms with Crippen LogP contribution in [0.3, 0.4) is 0 Å². The number of rotatable bonds is 1. The van der Waals surface area contributed by atoms with Gasteiger partial charge in [0.05, 0.1) is 0 Å². The third-order valence-corrected chi connectivity index (χ3v) is 1.64. The van der Waals surface area contributed by atoms with Crippen molar-refractivity contribution in [2.45, 2.75) is 13.8 Å². The first kappa shape index (κ1) is 10.4. The van der Waals surface area contributed by atoms with Crippen molar-refractivity contribution in [1.82, 2.24) is 14.9 Å². The zero-order valence-electron chi connectivity index (χ0n) is 8.94. The van der Waals surface area contributed by atoms with Crippen molar-refractivity contribution in [3.63, 3.8) is 0 Å². The summed E-state index contributed by atoms with van der Waals surface area (Å²) in [6.45, 7) is 3.80. The van der Waals surface area contributed by atoms with E-state index in [1.54, 1.807) is 4.90 Å². The van der Waals surface area contributed by atoms with Gasteiger partial charge in [-0.1, -0.05) is 0 Å². The third kappa shape index (κ3) is 2.69. The summed E-state index contributed by atoms with van der Waals surface area (Å²) in [6.07, 6.45) is 0. The summed E-state index contributed by atoms with van der Waals surface area (Å²) in [6, 6.07) is 1.89. The monoisotopic (exact) mass is 193 g/mol. The average molecular weight is 193 g/mol. The summed E-state index contributed by atoms with van der Waals surface area (Å²) >= 11 is 0. The van der Waals surface area contributed by atoms with E-state index in [9.17, 15) is 0 Å². The van der Waals surface area contributed by atoms with Crippen molar-refractivity contribution < 1.29 is 0 Å². The largest absolute Gasteiger partial charge is 0.369 e. The Balaban J connectivity index is 3.02. The quantitative estimate of drug-likeness (QED) is 0.524. The van der Waals surface area contributed by atoms with Gasteiger partial charge in [-0.05, 0) is 19.9 Å². The summed E-state index contributed by atoms with van der Waals surface area (Å²) in [5.41, 5.74) is 7.43. The molecule has 1 heterocycles. The molecular formula is C9H15N5. The van der Waals surface area contributed by atoms with E-state index in [4.69, 9.17) is 5.73 Å². The average Bonchev–Trinajstić information content (AvgIpc) is 2.01. The molecule has 0 saturated heterocycles. The number of nitrogens with zero attached hydrogens (tertiary/aromatic N) is 4. The van der Waals surface area contributed by atoms with E-state index in [2.05, 4.69) is 15.0 Å². The van der Waals surface area contributed by atoms with Gasteiger partial charge < -0.3 is 10.6 Å². The highest BCUT2D eigenvalue weighted by molar-refractivity contribution is 5.79. The minimum atomic E-state index is 0.398. The fourth-order valence-corrected chi connectivity index (χ4v) is 0.960. The maximum absolute atomic E-state index is 5.64. The van der Waals surface area contributed by atoms with Crippen LogP contribution >= 0.6 is 0 Å². The molecule has 0 radical (unpaired) electrons. The number of aromatic nitrogens is 2. The zero-order chi connectivity index (χ0) is 10.7. The molecule has 5 nitrogen and oxygen atoms in total. The zero-order valence-corrected chi connectivity index (χ0v) is 8.94. The molecule has 0 aliphatic heterocycles. The molecule has 0 amide bonds. The molecule has 0 aliphatic rings. The smallest absolute Gasteiger partial charge is 0.253 e. The summed E-state index contributed by atoms with van der Waals surface area (Å²) in [7, 11) is 3.64. The predicted molar refractivity (Wildman–Crippen MR) is 56.5 cm³/mol. The van der Waals surface area contributed by atoms with Gasteiger partial charge in [0.15, 0.2) is 5.96 Å². The van der Waals surface area contributed by atoms with Gasteiger partial charge in [0.2, 0.25) is 0 Å². The Morgan fingerprint density at radius 3 is 2.21 bits per heavy atom. The van der Waals surface area contributed by atoms with Crippen LogP contribution in [0.2, 0.25) is 0 Å². The molecule has 0 spiro atoms. The van der Waals surface area contributed by atoms with E-state index >= 15 is 0 Å². The van der Waals surface area contributed by atoms with Crippen LogP contribution in [0.5, 0.6) is 0 Å². The molecule has 1 rings (SSSR count). The second-order valence-corrected chi connectivity index (χ2v) is 3.32. The van der Waals surface area contributed by atoms with Gasteiger partial charge in [-0.25, -0.2) is 9.97 Å². The second kappa shape index (κ2) is 4.04. The predicted octanol–water partition coefficient (Wildman–Crippen LogP) is 0.601. The Bertz CT molecular complexity index is 336. The van der Waals surface area contributed by atoms with E-state index in [1.165, 1.54) is 0 Å². The van der Waals surface area contributed by atoms with Crippen molar-refractivity contribution >= 4 is 11.9 Å². The van der Waals surface area contributed by atoms with Gasteiger partial charge in [0.1, 0.15) is 0 Å². The van der Waals surface area contributed by atoms with E-state index in [0.717, 1.165) is 11.4 Å². The molecule has 5 heteroatoms. The molecule has 1 aromatic heterocycles. The van der Waals surface area contributed by atoms with E-state index in [0.29, 0.717) is 11.9 Å². The minimum absolute atomic E-state index is 0.398. The molecule has 0 unspecified atom stereocenters. The summed E-state index contributed by atoms with van der Waals surface area (Å²) in [5.74, 6) is 0.809. The molecule has 2 N–H and O–H groups in total. The standard InChI is InChI=1S/C9H15N5/c1-6-5-7(2)12-9(11-6)13-8(10)14(3)4/h5H,1-4H3,(H2,10,11,12,13). The van der Waals surface area contributed by atoms with Gasteiger partial charge in [-0.3, -0.25) is 0 Å². The lowest BCUT2D eigenvalue weighted by atomic mass is 10.4. The molecule has 0 fully saturated rings. The fraction of sp³-hybridized carbons (Fsp3) is 0.444. The van der Waals surface area contributed by atoms with E-state index < -0.39 is 0 Å². The second-order valence-electron chi connectivity index (χ2n) is 3.32. The Labute approximate surface area is 83.7 Å². The molecule has 0 atom stereocenters. The van der Waals surface area contributed by atoms with Gasteiger partial charge >= 0.3 is 0 Å². The number of aliphatic imine (C=N–C) groups is 1. The highest BCUT2D eigenvalue weighted by Gasteiger charge is 2.00. The number of aryl methyl sites for hydroxylation is 2. The number of nitrogens with two attached hydrogens (primary N) is 1. The lowest BCUT2D eigenvalue weighted by Crippen LogP contribution is -2.30. The molecule has 14 heavy (non-hydrogen) atoms. The van der Waals surface area contributed by atoms with Crippen LogP contribution in [-0.2, 0) is 0 Å². The summed E-state index contributed by atoms with van der Waals surface area (Å²) in [4.78, 5) is 14.1. The van der Waals surface area contributed by atoms with Crippen LogP contribution in [0.15, 0.2) is 11.1 Å². The Hall–Kier alpha value is -1.65. The van der Waals surface area contributed by atoms with Crippen LogP contribution < -0.4 is 5.73 Å². The van der Waals surface area contributed by atoms with E-state index in [-0.39, 0.29) is 0 Å². The van der Waals surface area contributed by atoms with Crippen LogP contribution in [0.4, 0.5) is 5.95 Å². The molecular weight excluding hydrogens is 178 g/mol. The van der Waals surface area contributed by atoms with Crippen LogP contribution in [0.1, 0.15) is 11.4 Å². The number of guanidine groups is 1. The summed E-state index contributed by atoms with van der Waals surface area (Å²) in [5, 5.41) is 0. The van der Waals surface area contributed by atoms with Crippen LogP contribution in [0, 0.1) is 13.8 Å². The highest BCUT2D eigenvalue weighted by Crippen LogP contribution is 2.06. The number of hydrogen-bond acceptors (Lipinski definition) is 3. The van der Waals surface area contributed by atoms with Gasteiger partial charge in [-0.2, -0.15) is 4.99 Å². The first-order valence-corrected chi connectivity index (χ1v) is 4.33. The topological polar surface area (TPSA) is 67.4 Å². The van der Waals surface area contributed by atoms with Gasteiger partial charge in [0, 0.05) is 25.5 Å². The van der Waals surface area contributed by atoms with Gasteiger partial charge in [0.25, 0.3) is 5.95 Å². The molecule has 1 aromatic rings. The van der Waals surface area contributed by atoms with Crippen molar-refractivity contribution in [2.24, 2.45) is 10.7 Å². The van der Waals surface area contributed by atoms with Crippen molar-refractivity contribution in [1.29, 1.82) is 0 Å². The van der Waals surface area contributed by atoms with Crippen molar-refractivity contribution in [3.8, 4) is 0 Å². The molecule has 0 aromatic carbocycles. The lowest BCUT2D eigenvalue weighted by Gasteiger charge is -2.09. The van der Waals surface area contributed by atoms with E-state index in [1.807, 2.05) is 34.0 Å². The number of hydrogen-bond donors (Lipinski definition) is 1. The lowest BCUT2D eigenvalue weighted by molar-refractivity contribution is 0.614. The Kier molecular flexibility index (Phi) is 3.01. The molecule has 76 valence electrons. The summed E-state index contributed by atoms with van der Waals surface area (Å²) < 4.78 is 0. The van der Waals surface area contributed by atoms with Gasteiger partial charge in [-0.15, -0.1) is 0 Å². The van der Waals surface area contributed by atoms with Crippen LogP contribution in [-0.4, -0.2) is 34.9 Å². The van der Waals surface area contributed by atoms with Crippen molar-refractivity contribution in [3.05, 3.63) is 17.5 Å². The first-order chi connectivity index (χ1) is 6.49. The van der Waals surface area contributed by atoms with Crippen LogP contribution in [0.25, 0.3) is 0 Å².